The fourth-order valence-electron chi connectivity index (χ4n) is 1.89. The van der Waals surface area contributed by atoms with Crippen LogP contribution in [0, 0.1) is 0 Å². The minimum atomic E-state index is -3.35. The molecule has 1 aliphatic heterocycles. The van der Waals surface area contributed by atoms with Gasteiger partial charge in [0.2, 0.25) is 10.0 Å². The lowest BCUT2D eigenvalue weighted by Gasteiger charge is -2.37. The topological polar surface area (TPSA) is 61.4 Å². The molecule has 0 aliphatic carbocycles. The largest absolute Gasteiger partial charge is 0.369 e. The van der Waals surface area contributed by atoms with E-state index in [2.05, 4.69) is 14.9 Å². The molecule has 0 unspecified atom stereocenters. The van der Waals surface area contributed by atoms with Gasteiger partial charge in [-0.25, -0.2) is 13.1 Å². The summed E-state index contributed by atoms with van der Waals surface area (Å²) in [6.45, 7) is 4.13. The third-order valence-corrected chi connectivity index (χ3v) is 4.76. The van der Waals surface area contributed by atoms with Crippen molar-refractivity contribution in [3.05, 3.63) is 24.3 Å². The van der Waals surface area contributed by atoms with E-state index in [9.17, 15) is 8.42 Å². The first-order valence-electron chi connectivity index (χ1n) is 6.08. The molecule has 1 heterocycles. The minimum Gasteiger partial charge on any atom is -0.369 e. The van der Waals surface area contributed by atoms with Crippen LogP contribution >= 0.6 is 0 Å². The molecule has 0 spiro atoms. The maximum Gasteiger partial charge on any atom is 0.240 e. The normalized spacial score (nSPS) is 16.3. The van der Waals surface area contributed by atoms with Crippen molar-refractivity contribution in [1.29, 1.82) is 0 Å². The summed E-state index contributed by atoms with van der Waals surface area (Å²) in [5.74, 6) is 0. The van der Waals surface area contributed by atoms with Crippen molar-refractivity contribution < 1.29 is 8.42 Å². The minimum absolute atomic E-state index is 0.313. The van der Waals surface area contributed by atoms with Gasteiger partial charge in [0, 0.05) is 32.4 Å². The lowest BCUT2D eigenvalue weighted by atomic mass is 10.1. The number of hydrogen-bond donors (Lipinski definition) is 2. The number of rotatable bonds is 5. The monoisotopic (exact) mass is 269 g/mol. The van der Waals surface area contributed by atoms with Gasteiger partial charge >= 0.3 is 0 Å². The van der Waals surface area contributed by atoms with Crippen molar-refractivity contribution in [3.8, 4) is 0 Å². The second kappa shape index (κ2) is 5.26. The van der Waals surface area contributed by atoms with Gasteiger partial charge in [-0.05, 0) is 24.3 Å². The van der Waals surface area contributed by atoms with Gasteiger partial charge in [0.05, 0.1) is 10.9 Å². The highest BCUT2D eigenvalue weighted by Gasteiger charge is 2.22. The van der Waals surface area contributed by atoms with E-state index in [4.69, 9.17) is 0 Å². The second-order valence-electron chi connectivity index (χ2n) is 4.42. The second-order valence-corrected chi connectivity index (χ2v) is 6.19. The van der Waals surface area contributed by atoms with Crippen molar-refractivity contribution in [2.75, 3.05) is 31.6 Å². The van der Waals surface area contributed by atoms with Gasteiger partial charge in [-0.1, -0.05) is 6.92 Å². The molecule has 1 fully saturated rings. The standard InChI is InChI=1S/C12H19N3O2S/c1-3-14-18(16,17)12-6-4-10(5-7-12)15(2)11-8-13-9-11/h4-7,11,13-14H,3,8-9H2,1-2H3. The molecule has 1 aliphatic rings. The van der Waals surface area contributed by atoms with E-state index in [1.807, 2.05) is 19.2 Å². The van der Waals surface area contributed by atoms with Gasteiger partial charge in [-0.15, -0.1) is 0 Å². The average molecular weight is 269 g/mol. The number of benzene rings is 1. The smallest absolute Gasteiger partial charge is 0.240 e. The summed E-state index contributed by atoms with van der Waals surface area (Å²) in [4.78, 5) is 2.48. The molecule has 0 radical (unpaired) electrons. The number of nitrogens with zero attached hydrogens (tertiary/aromatic N) is 1. The molecule has 0 bridgehead atoms. The molecule has 6 heteroatoms. The van der Waals surface area contributed by atoms with E-state index in [0.717, 1.165) is 18.8 Å². The molecule has 0 atom stereocenters. The van der Waals surface area contributed by atoms with Crippen molar-refractivity contribution in [1.82, 2.24) is 10.0 Å². The van der Waals surface area contributed by atoms with Crippen molar-refractivity contribution in [3.63, 3.8) is 0 Å². The summed E-state index contributed by atoms with van der Waals surface area (Å²) in [7, 11) is -1.32. The predicted octanol–water partition coefficient (Wildman–Crippen LogP) is 0.393. The van der Waals surface area contributed by atoms with E-state index >= 15 is 0 Å². The average Bonchev–Trinajstić information content (AvgIpc) is 2.27. The fraction of sp³-hybridized carbons (Fsp3) is 0.500. The summed E-state index contributed by atoms with van der Waals surface area (Å²) in [6, 6.07) is 7.50. The Balaban J connectivity index is 2.14. The third kappa shape index (κ3) is 2.66. The van der Waals surface area contributed by atoms with Crippen LogP contribution in [-0.4, -0.2) is 41.1 Å². The van der Waals surface area contributed by atoms with E-state index < -0.39 is 10.0 Å². The first-order chi connectivity index (χ1) is 8.54. The van der Waals surface area contributed by atoms with Gasteiger partial charge in [0.15, 0.2) is 0 Å². The molecule has 5 nitrogen and oxygen atoms in total. The molecule has 2 rings (SSSR count). The Morgan fingerprint density at radius 3 is 2.39 bits per heavy atom. The van der Waals surface area contributed by atoms with Crippen LogP contribution in [-0.2, 0) is 10.0 Å². The predicted molar refractivity (Wildman–Crippen MR) is 72.4 cm³/mol. The number of likely N-dealkylation sites (N-methyl/N-ethyl adjacent to an activating group) is 1. The highest BCUT2D eigenvalue weighted by atomic mass is 32.2. The summed E-state index contributed by atoms with van der Waals surface area (Å²) in [5.41, 5.74) is 1.04. The fourth-order valence-corrected chi connectivity index (χ4v) is 2.93. The molecule has 0 amide bonds. The Bertz CT molecular complexity index is 495. The summed E-state index contributed by atoms with van der Waals surface area (Å²) in [6.07, 6.45) is 0. The summed E-state index contributed by atoms with van der Waals surface area (Å²) in [5, 5.41) is 3.22. The highest BCUT2D eigenvalue weighted by molar-refractivity contribution is 7.89. The highest BCUT2D eigenvalue weighted by Crippen LogP contribution is 2.19. The van der Waals surface area contributed by atoms with Gasteiger partial charge in [0.1, 0.15) is 0 Å². The molecule has 18 heavy (non-hydrogen) atoms. The van der Waals surface area contributed by atoms with Gasteiger partial charge < -0.3 is 10.2 Å². The van der Waals surface area contributed by atoms with E-state index in [1.54, 1.807) is 19.1 Å². The van der Waals surface area contributed by atoms with Crippen molar-refractivity contribution in [2.24, 2.45) is 0 Å². The number of anilines is 1. The molecule has 1 aromatic carbocycles. The first kappa shape index (κ1) is 13.3. The molecule has 100 valence electrons. The molecule has 2 N–H and O–H groups in total. The molecule has 0 aromatic heterocycles. The Labute approximate surface area is 108 Å². The Kier molecular flexibility index (Phi) is 3.89. The van der Waals surface area contributed by atoms with Crippen LogP contribution in [0.15, 0.2) is 29.2 Å². The number of sulfonamides is 1. The van der Waals surface area contributed by atoms with Crippen LogP contribution in [0.4, 0.5) is 5.69 Å². The summed E-state index contributed by atoms with van der Waals surface area (Å²) < 4.78 is 26.0. The number of nitrogens with one attached hydrogen (secondary N) is 2. The molecule has 0 saturated carbocycles. The maximum absolute atomic E-state index is 11.8. The van der Waals surface area contributed by atoms with Crippen LogP contribution in [0.1, 0.15) is 6.92 Å². The van der Waals surface area contributed by atoms with E-state index in [1.165, 1.54) is 0 Å². The SMILES string of the molecule is CCNS(=O)(=O)c1ccc(N(C)C2CNC2)cc1. The zero-order chi connectivity index (χ0) is 13.2. The third-order valence-electron chi connectivity index (χ3n) is 3.20. The Morgan fingerprint density at radius 2 is 1.94 bits per heavy atom. The zero-order valence-corrected chi connectivity index (χ0v) is 11.5. The van der Waals surface area contributed by atoms with E-state index in [0.29, 0.717) is 17.5 Å². The quantitative estimate of drug-likeness (QED) is 0.812. The molecular formula is C12H19N3O2S. The van der Waals surface area contributed by atoms with Crippen molar-refractivity contribution in [2.45, 2.75) is 17.9 Å². The summed E-state index contributed by atoms with van der Waals surface area (Å²) >= 11 is 0. The van der Waals surface area contributed by atoms with Crippen LogP contribution in [0.5, 0.6) is 0 Å². The molecule has 1 aromatic rings. The van der Waals surface area contributed by atoms with Crippen LogP contribution in [0.3, 0.4) is 0 Å². The van der Waals surface area contributed by atoms with Gasteiger partial charge in [-0.2, -0.15) is 0 Å². The molecular weight excluding hydrogens is 250 g/mol. The van der Waals surface area contributed by atoms with Crippen LogP contribution in [0.25, 0.3) is 0 Å². The molecule has 1 saturated heterocycles. The maximum atomic E-state index is 11.8. The Morgan fingerprint density at radius 1 is 1.33 bits per heavy atom. The lowest BCUT2D eigenvalue weighted by molar-refractivity contribution is 0.428. The Hall–Kier alpha value is -1.11. The number of hydrogen-bond acceptors (Lipinski definition) is 4. The van der Waals surface area contributed by atoms with Gasteiger partial charge in [0.25, 0.3) is 0 Å². The van der Waals surface area contributed by atoms with Crippen LogP contribution in [0.2, 0.25) is 0 Å². The lowest BCUT2D eigenvalue weighted by Crippen LogP contribution is -2.56. The van der Waals surface area contributed by atoms with Crippen molar-refractivity contribution >= 4 is 15.7 Å². The zero-order valence-electron chi connectivity index (χ0n) is 10.7. The first-order valence-corrected chi connectivity index (χ1v) is 7.56. The van der Waals surface area contributed by atoms with Crippen LogP contribution < -0.4 is 14.9 Å². The van der Waals surface area contributed by atoms with E-state index in [-0.39, 0.29) is 0 Å². The van der Waals surface area contributed by atoms with Gasteiger partial charge in [-0.3, -0.25) is 0 Å².